The largest absolute Gasteiger partial charge is 0.497 e. The summed E-state index contributed by atoms with van der Waals surface area (Å²) in [5.41, 5.74) is 2.20. The first kappa shape index (κ1) is 23.5. The summed E-state index contributed by atoms with van der Waals surface area (Å²) >= 11 is 0. The summed E-state index contributed by atoms with van der Waals surface area (Å²) in [5, 5.41) is 11.5. The van der Waals surface area contributed by atoms with Gasteiger partial charge in [-0.2, -0.15) is 0 Å². The van der Waals surface area contributed by atoms with Crippen LogP contribution in [0.25, 0.3) is 11.0 Å². The number of carbonyl (C=O) groups is 2. The zero-order valence-electron chi connectivity index (χ0n) is 20.3. The zero-order valence-corrected chi connectivity index (χ0v) is 20.3. The number of anilines is 1. The molecule has 5 rings (SSSR count). The van der Waals surface area contributed by atoms with Gasteiger partial charge in [0.15, 0.2) is 0 Å². The first-order valence-electron chi connectivity index (χ1n) is 12.2. The number of hydrogen-bond donors (Lipinski definition) is 1. The number of rotatable bonds is 8. The molecule has 4 aromatic rings. The number of aromatic nitrogens is 3. The van der Waals surface area contributed by atoms with Crippen LogP contribution in [-0.2, 0) is 22.7 Å². The smallest absolute Gasteiger partial charge is 0.250 e. The quantitative estimate of drug-likeness (QED) is 0.401. The molecular weight excluding hydrogens is 454 g/mol. The van der Waals surface area contributed by atoms with Gasteiger partial charge in [0.2, 0.25) is 11.8 Å². The van der Waals surface area contributed by atoms with Gasteiger partial charge in [0.05, 0.1) is 12.6 Å². The van der Waals surface area contributed by atoms with Crippen LogP contribution in [0.5, 0.6) is 5.75 Å². The number of carbonyl (C=O) groups excluding carboxylic acids is 2. The maximum absolute atomic E-state index is 13.9. The molecule has 1 heterocycles. The molecule has 1 aliphatic carbocycles. The minimum Gasteiger partial charge on any atom is -0.497 e. The van der Waals surface area contributed by atoms with Crippen molar-refractivity contribution in [3.05, 3.63) is 84.4 Å². The third-order valence-corrected chi connectivity index (χ3v) is 6.91. The molecule has 0 spiro atoms. The number of ether oxygens (including phenoxy) is 1. The molecule has 8 nitrogen and oxygen atoms in total. The van der Waals surface area contributed by atoms with Gasteiger partial charge < -0.3 is 15.0 Å². The van der Waals surface area contributed by atoms with Crippen LogP contribution < -0.4 is 10.1 Å². The van der Waals surface area contributed by atoms with Crippen molar-refractivity contribution in [2.75, 3.05) is 12.4 Å². The summed E-state index contributed by atoms with van der Waals surface area (Å²) in [7, 11) is 1.60. The molecule has 0 radical (unpaired) electrons. The number of nitrogens with one attached hydrogen (secondary N) is 1. The normalized spacial score (nSPS) is 14.5. The molecule has 2 amide bonds. The van der Waals surface area contributed by atoms with Gasteiger partial charge in [-0.05, 0) is 54.8 Å². The predicted molar refractivity (Wildman–Crippen MR) is 137 cm³/mol. The maximum Gasteiger partial charge on any atom is 0.250 e. The minimum absolute atomic E-state index is 0.00487. The Morgan fingerprint density at radius 1 is 0.972 bits per heavy atom. The Labute approximate surface area is 209 Å². The SMILES string of the molecule is COc1ccc(NC(=O)C2(N(Cc3ccccc3)C(=O)Cn3nnc4ccccc43)CCCC2)cc1. The van der Waals surface area contributed by atoms with Gasteiger partial charge in [-0.25, -0.2) is 4.68 Å². The van der Waals surface area contributed by atoms with Gasteiger partial charge in [0.1, 0.15) is 23.3 Å². The van der Waals surface area contributed by atoms with Crippen molar-refractivity contribution in [3.8, 4) is 5.75 Å². The standard InChI is InChI=1S/C28H29N5O3/c1-36-23-15-13-22(14-16-23)29-27(35)28(17-7-8-18-28)32(19-21-9-3-2-4-10-21)26(34)20-33-25-12-6-5-11-24(25)30-31-33/h2-6,9-16H,7-8,17-20H2,1H3,(H,29,35). The lowest BCUT2D eigenvalue weighted by atomic mass is 9.92. The van der Waals surface area contributed by atoms with Crippen LogP contribution in [0.1, 0.15) is 31.2 Å². The van der Waals surface area contributed by atoms with Gasteiger partial charge in [0, 0.05) is 12.2 Å². The third-order valence-electron chi connectivity index (χ3n) is 6.91. The van der Waals surface area contributed by atoms with Gasteiger partial charge in [-0.15, -0.1) is 5.10 Å². The molecule has 1 aromatic heterocycles. The van der Waals surface area contributed by atoms with Gasteiger partial charge in [-0.3, -0.25) is 9.59 Å². The van der Waals surface area contributed by atoms with Crippen LogP contribution in [0.4, 0.5) is 5.69 Å². The van der Waals surface area contributed by atoms with Crippen LogP contribution in [0.15, 0.2) is 78.9 Å². The molecular formula is C28H29N5O3. The Balaban J connectivity index is 1.47. The van der Waals surface area contributed by atoms with Crippen molar-refractivity contribution in [2.45, 2.75) is 44.3 Å². The van der Waals surface area contributed by atoms with Crippen LogP contribution in [0.3, 0.4) is 0 Å². The number of amides is 2. The first-order chi connectivity index (χ1) is 17.6. The van der Waals surface area contributed by atoms with E-state index in [0.29, 0.717) is 30.8 Å². The zero-order chi connectivity index (χ0) is 25.0. The van der Waals surface area contributed by atoms with E-state index in [9.17, 15) is 9.59 Å². The van der Waals surface area contributed by atoms with E-state index in [1.165, 1.54) is 0 Å². The maximum atomic E-state index is 13.9. The molecule has 0 atom stereocenters. The molecule has 1 fully saturated rings. The van der Waals surface area contributed by atoms with Gasteiger partial charge in [-0.1, -0.05) is 60.5 Å². The molecule has 0 aliphatic heterocycles. The first-order valence-corrected chi connectivity index (χ1v) is 12.2. The fourth-order valence-electron chi connectivity index (χ4n) is 4.99. The highest BCUT2D eigenvalue weighted by Crippen LogP contribution is 2.38. The van der Waals surface area contributed by atoms with Crippen molar-refractivity contribution < 1.29 is 14.3 Å². The van der Waals surface area contributed by atoms with Crippen molar-refractivity contribution in [1.29, 1.82) is 0 Å². The summed E-state index contributed by atoms with van der Waals surface area (Å²) in [5.74, 6) is 0.378. The second-order valence-corrected chi connectivity index (χ2v) is 9.12. The summed E-state index contributed by atoms with van der Waals surface area (Å²) in [6.45, 7) is 0.341. The molecule has 8 heteroatoms. The Bertz CT molecular complexity index is 1340. The monoisotopic (exact) mass is 483 g/mol. The minimum atomic E-state index is -0.955. The van der Waals surface area contributed by atoms with E-state index in [0.717, 1.165) is 29.4 Å². The summed E-state index contributed by atoms with van der Waals surface area (Å²) in [4.78, 5) is 29.6. The van der Waals surface area contributed by atoms with E-state index in [1.54, 1.807) is 28.8 Å². The molecule has 1 N–H and O–H groups in total. The number of benzene rings is 3. The lowest BCUT2D eigenvalue weighted by molar-refractivity contribution is -0.147. The molecule has 0 unspecified atom stereocenters. The molecule has 0 bridgehead atoms. The fourth-order valence-corrected chi connectivity index (χ4v) is 4.99. The van der Waals surface area contributed by atoms with E-state index in [-0.39, 0.29) is 18.4 Å². The summed E-state index contributed by atoms with van der Waals surface area (Å²) < 4.78 is 6.84. The number of fused-ring (bicyclic) bond motifs is 1. The Morgan fingerprint density at radius 3 is 2.39 bits per heavy atom. The number of nitrogens with zero attached hydrogens (tertiary/aromatic N) is 4. The summed E-state index contributed by atoms with van der Waals surface area (Å²) in [6, 6.07) is 24.6. The number of methoxy groups -OCH3 is 1. The molecule has 1 saturated carbocycles. The average molecular weight is 484 g/mol. The number of hydrogen-bond acceptors (Lipinski definition) is 5. The topological polar surface area (TPSA) is 89.4 Å². The van der Waals surface area contributed by atoms with Crippen LogP contribution in [-0.4, -0.2) is 44.4 Å². The lowest BCUT2D eigenvalue weighted by Gasteiger charge is -2.40. The second kappa shape index (κ2) is 10.2. The van der Waals surface area contributed by atoms with E-state index in [4.69, 9.17) is 4.74 Å². The fraction of sp³-hybridized carbons (Fsp3) is 0.286. The Hall–Kier alpha value is -4.20. The summed E-state index contributed by atoms with van der Waals surface area (Å²) in [6.07, 6.45) is 2.96. The highest BCUT2D eigenvalue weighted by Gasteiger charge is 2.48. The highest BCUT2D eigenvalue weighted by atomic mass is 16.5. The third kappa shape index (κ3) is 4.66. The highest BCUT2D eigenvalue weighted by molar-refractivity contribution is 6.01. The van der Waals surface area contributed by atoms with E-state index in [2.05, 4.69) is 15.6 Å². The van der Waals surface area contributed by atoms with Crippen LogP contribution in [0.2, 0.25) is 0 Å². The molecule has 184 valence electrons. The molecule has 0 saturated heterocycles. The van der Waals surface area contributed by atoms with Crippen LogP contribution >= 0.6 is 0 Å². The lowest BCUT2D eigenvalue weighted by Crippen LogP contribution is -2.57. The van der Waals surface area contributed by atoms with Crippen molar-refractivity contribution in [3.63, 3.8) is 0 Å². The second-order valence-electron chi connectivity index (χ2n) is 9.12. The van der Waals surface area contributed by atoms with Crippen LogP contribution in [0, 0.1) is 0 Å². The average Bonchev–Trinajstić information content (AvgIpc) is 3.57. The van der Waals surface area contributed by atoms with Crippen molar-refractivity contribution >= 4 is 28.5 Å². The van der Waals surface area contributed by atoms with E-state index in [1.807, 2.05) is 66.7 Å². The van der Waals surface area contributed by atoms with Gasteiger partial charge in [0.25, 0.3) is 0 Å². The molecule has 1 aliphatic rings. The predicted octanol–water partition coefficient (Wildman–Crippen LogP) is 4.42. The Kier molecular flexibility index (Phi) is 6.66. The molecule has 36 heavy (non-hydrogen) atoms. The van der Waals surface area contributed by atoms with Gasteiger partial charge >= 0.3 is 0 Å². The van der Waals surface area contributed by atoms with Crippen molar-refractivity contribution in [2.24, 2.45) is 0 Å². The van der Waals surface area contributed by atoms with Crippen molar-refractivity contribution in [1.82, 2.24) is 19.9 Å². The molecule has 3 aromatic carbocycles. The number of para-hydroxylation sites is 1. The van der Waals surface area contributed by atoms with E-state index >= 15 is 0 Å². The Morgan fingerprint density at radius 2 is 1.67 bits per heavy atom. The van der Waals surface area contributed by atoms with E-state index < -0.39 is 5.54 Å².